The van der Waals surface area contributed by atoms with Crippen LogP contribution in [0.15, 0.2) is 59.7 Å². The van der Waals surface area contributed by atoms with E-state index in [-0.39, 0.29) is 17.4 Å². The molecule has 0 radical (unpaired) electrons. The van der Waals surface area contributed by atoms with Crippen molar-refractivity contribution in [1.29, 1.82) is 0 Å². The predicted octanol–water partition coefficient (Wildman–Crippen LogP) is 4.48. The van der Waals surface area contributed by atoms with E-state index in [0.717, 1.165) is 18.4 Å². The third kappa shape index (κ3) is 9.20. The first kappa shape index (κ1) is 20.3. The van der Waals surface area contributed by atoms with Gasteiger partial charge in [0, 0.05) is 12.6 Å². The normalized spacial score (nSPS) is 11.9. The van der Waals surface area contributed by atoms with Crippen LogP contribution in [0.5, 0.6) is 11.5 Å². The van der Waals surface area contributed by atoms with Crippen molar-refractivity contribution in [3.8, 4) is 11.5 Å². The monoisotopic (exact) mass is 341 g/mol. The number of nitrogens with one attached hydrogen (secondary N) is 1. The number of carbonyl (C=O) groups is 1. The number of hydrogen-bond acceptors (Lipinski definition) is 3. The van der Waals surface area contributed by atoms with Gasteiger partial charge in [0.1, 0.15) is 0 Å². The molecular weight excluding hydrogens is 314 g/mol. The minimum atomic E-state index is -0.171. The Morgan fingerprint density at radius 3 is 2.52 bits per heavy atom. The van der Waals surface area contributed by atoms with E-state index in [0.29, 0.717) is 6.54 Å². The Balaban J connectivity index is 2.35. The highest BCUT2D eigenvalue weighted by atomic mass is 16.3. The molecule has 0 aliphatic rings. The Morgan fingerprint density at radius 1 is 1.08 bits per heavy atom. The molecule has 1 rings (SSSR count). The van der Waals surface area contributed by atoms with E-state index in [1.54, 1.807) is 24.3 Å². The van der Waals surface area contributed by atoms with Gasteiger partial charge in [0.25, 0.3) is 0 Å². The smallest absolute Gasteiger partial charge is 0.244 e. The molecule has 0 saturated carbocycles. The largest absolute Gasteiger partial charge is 0.504 e. The van der Waals surface area contributed by atoms with Crippen molar-refractivity contribution in [2.75, 3.05) is 6.54 Å². The molecule has 0 spiro atoms. The summed E-state index contributed by atoms with van der Waals surface area (Å²) >= 11 is 0. The average molecular weight is 341 g/mol. The molecule has 0 saturated heterocycles. The lowest BCUT2D eigenvalue weighted by molar-refractivity contribution is -0.116. The molecular formula is C21H27NO3. The Morgan fingerprint density at radius 2 is 1.84 bits per heavy atom. The van der Waals surface area contributed by atoms with Gasteiger partial charge in [-0.05, 0) is 51.3 Å². The summed E-state index contributed by atoms with van der Waals surface area (Å²) in [4.78, 5) is 11.7. The van der Waals surface area contributed by atoms with E-state index in [9.17, 15) is 15.0 Å². The number of allylic oxidation sites excluding steroid dienone is 5. The lowest BCUT2D eigenvalue weighted by Crippen LogP contribution is -2.20. The van der Waals surface area contributed by atoms with Crippen LogP contribution in [0.1, 0.15) is 39.2 Å². The van der Waals surface area contributed by atoms with Crippen LogP contribution in [0, 0.1) is 0 Å². The van der Waals surface area contributed by atoms with Crippen LogP contribution in [0.25, 0.3) is 6.08 Å². The molecule has 0 fully saturated rings. The number of benzene rings is 1. The van der Waals surface area contributed by atoms with Gasteiger partial charge in [0.2, 0.25) is 5.91 Å². The van der Waals surface area contributed by atoms with Crippen molar-refractivity contribution in [3.63, 3.8) is 0 Å². The van der Waals surface area contributed by atoms with Gasteiger partial charge in [-0.2, -0.15) is 0 Å². The van der Waals surface area contributed by atoms with E-state index >= 15 is 0 Å². The molecule has 3 N–H and O–H groups in total. The second-order valence-electron chi connectivity index (χ2n) is 6.08. The van der Waals surface area contributed by atoms with E-state index in [4.69, 9.17) is 0 Å². The molecule has 0 atom stereocenters. The van der Waals surface area contributed by atoms with Crippen LogP contribution >= 0.6 is 0 Å². The van der Waals surface area contributed by atoms with Crippen molar-refractivity contribution in [2.45, 2.75) is 33.6 Å². The number of amides is 1. The molecule has 0 aliphatic heterocycles. The molecule has 0 unspecified atom stereocenters. The highest BCUT2D eigenvalue weighted by Crippen LogP contribution is 2.25. The van der Waals surface area contributed by atoms with Crippen LogP contribution < -0.4 is 5.32 Å². The molecule has 1 aromatic rings. The number of carbonyl (C=O) groups excluding carboxylic acids is 1. The van der Waals surface area contributed by atoms with Gasteiger partial charge >= 0.3 is 0 Å². The Labute approximate surface area is 149 Å². The fraction of sp³-hybridized carbons (Fsp3) is 0.286. The van der Waals surface area contributed by atoms with Gasteiger partial charge < -0.3 is 15.5 Å². The number of phenolic OH excluding ortho intramolecular Hbond substituents is 2. The Hall–Kier alpha value is -2.75. The van der Waals surface area contributed by atoms with Crippen LogP contribution in [-0.2, 0) is 4.79 Å². The zero-order valence-electron chi connectivity index (χ0n) is 15.1. The van der Waals surface area contributed by atoms with Gasteiger partial charge in [-0.1, -0.05) is 47.6 Å². The third-order valence-corrected chi connectivity index (χ3v) is 3.46. The zero-order valence-corrected chi connectivity index (χ0v) is 15.1. The van der Waals surface area contributed by atoms with Gasteiger partial charge in [0.05, 0.1) is 0 Å². The maximum atomic E-state index is 11.7. The highest BCUT2D eigenvalue weighted by Gasteiger charge is 1.97. The fourth-order valence-electron chi connectivity index (χ4n) is 2.03. The minimum absolute atomic E-state index is 0.156. The molecule has 0 bridgehead atoms. The molecule has 0 aliphatic carbocycles. The Bertz CT molecular complexity index is 693. The minimum Gasteiger partial charge on any atom is -0.504 e. The standard InChI is InChI=1S/C21H27NO3/c1-16(2)7-6-8-17(3)13-14-22-21(25)10-5-4-9-18-11-12-19(23)20(24)15-18/h4-5,7,9-13,15,23-24H,6,8,14H2,1-3H3,(H,22,25)/b9-4?,10-5?,17-13+. The van der Waals surface area contributed by atoms with Gasteiger partial charge in [-0.3, -0.25) is 4.79 Å². The molecule has 0 aromatic heterocycles. The molecule has 1 aromatic carbocycles. The fourth-order valence-corrected chi connectivity index (χ4v) is 2.03. The second-order valence-corrected chi connectivity index (χ2v) is 6.08. The molecule has 4 nitrogen and oxygen atoms in total. The summed E-state index contributed by atoms with van der Waals surface area (Å²) in [6, 6.07) is 4.53. The second kappa shape index (κ2) is 10.9. The van der Waals surface area contributed by atoms with E-state index in [1.165, 1.54) is 29.4 Å². The highest BCUT2D eigenvalue weighted by molar-refractivity contribution is 5.88. The van der Waals surface area contributed by atoms with E-state index < -0.39 is 0 Å². The summed E-state index contributed by atoms with van der Waals surface area (Å²) in [5.41, 5.74) is 3.31. The topological polar surface area (TPSA) is 69.6 Å². The maximum absolute atomic E-state index is 11.7. The summed E-state index contributed by atoms with van der Waals surface area (Å²) in [6.45, 7) is 6.75. The summed E-state index contributed by atoms with van der Waals surface area (Å²) in [6.07, 6.45) is 12.8. The SMILES string of the molecule is CC(C)=CCC/C(C)=C/CNC(=O)C=CC=Cc1ccc(O)c(O)c1. The van der Waals surface area contributed by atoms with Gasteiger partial charge in [0.15, 0.2) is 11.5 Å². The number of aromatic hydroxyl groups is 2. The molecule has 25 heavy (non-hydrogen) atoms. The third-order valence-electron chi connectivity index (χ3n) is 3.46. The summed E-state index contributed by atoms with van der Waals surface area (Å²) in [5, 5.41) is 21.4. The number of rotatable bonds is 8. The first-order chi connectivity index (χ1) is 11.9. The van der Waals surface area contributed by atoms with Crippen molar-refractivity contribution >= 4 is 12.0 Å². The predicted molar refractivity (Wildman–Crippen MR) is 103 cm³/mol. The average Bonchev–Trinajstić information content (AvgIpc) is 2.54. The first-order valence-corrected chi connectivity index (χ1v) is 8.32. The van der Waals surface area contributed by atoms with Crippen LogP contribution in [0.4, 0.5) is 0 Å². The molecule has 1 amide bonds. The lowest BCUT2D eigenvalue weighted by Gasteiger charge is -2.01. The van der Waals surface area contributed by atoms with Gasteiger partial charge in [-0.25, -0.2) is 0 Å². The van der Waals surface area contributed by atoms with Crippen LogP contribution in [0.2, 0.25) is 0 Å². The van der Waals surface area contributed by atoms with Crippen molar-refractivity contribution in [3.05, 3.63) is 65.3 Å². The molecule has 134 valence electrons. The Kier molecular flexibility index (Phi) is 8.86. The zero-order chi connectivity index (χ0) is 18.7. The van der Waals surface area contributed by atoms with E-state index in [1.807, 2.05) is 6.08 Å². The number of phenols is 2. The van der Waals surface area contributed by atoms with Crippen molar-refractivity contribution in [1.82, 2.24) is 5.32 Å². The molecule has 0 heterocycles. The molecule has 4 heteroatoms. The van der Waals surface area contributed by atoms with Crippen molar-refractivity contribution < 1.29 is 15.0 Å². The summed E-state index contributed by atoms with van der Waals surface area (Å²) < 4.78 is 0. The first-order valence-electron chi connectivity index (χ1n) is 8.32. The van der Waals surface area contributed by atoms with E-state index in [2.05, 4.69) is 32.2 Å². The lowest BCUT2D eigenvalue weighted by atomic mass is 10.1. The van der Waals surface area contributed by atoms with Crippen molar-refractivity contribution in [2.24, 2.45) is 0 Å². The van der Waals surface area contributed by atoms with Crippen LogP contribution in [-0.4, -0.2) is 22.7 Å². The quantitative estimate of drug-likeness (QED) is 0.283. The van der Waals surface area contributed by atoms with Crippen LogP contribution in [0.3, 0.4) is 0 Å². The summed E-state index contributed by atoms with van der Waals surface area (Å²) in [5.74, 6) is -0.488. The number of hydrogen-bond donors (Lipinski definition) is 3. The summed E-state index contributed by atoms with van der Waals surface area (Å²) in [7, 11) is 0. The van der Waals surface area contributed by atoms with Gasteiger partial charge in [-0.15, -0.1) is 0 Å². The maximum Gasteiger partial charge on any atom is 0.244 e.